The van der Waals surface area contributed by atoms with Crippen molar-refractivity contribution in [1.29, 1.82) is 0 Å². The van der Waals surface area contributed by atoms with Gasteiger partial charge in [-0.05, 0) is 49.1 Å². The Morgan fingerprint density at radius 3 is 2.34 bits per heavy atom. The second-order valence-corrected chi connectivity index (χ2v) is 7.52. The zero-order valence-corrected chi connectivity index (χ0v) is 17.4. The first-order valence-electron chi connectivity index (χ1n) is 9.78. The number of rotatable bonds is 9. The van der Waals surface area contributed by atoms with Crippen molar-refractivity contribution in [3.63, 3.8) is 0 Å². The van der Waals surface area contributed by atoms with Crippen LogP contribution in [0.15, 0.2) is 48.5 Å². The molecule has 29 heavy (non-hydrogen) atoms. The third-order valence-corrected chi connectivity index (χ3v) is 4.56. The molecule has 0 fully saturated rings. The molecule has 6 heteroatoms. The van der Waals surface area contributed by atoms with E-state index in [0.29, 0.717) is 18.2 Å². The fourth-order valence-electron chi connectivity index (χ4n) is 2.76. The molecular formula is C23H29FN2O3. The lowest BCUT2D eigenvalue weighted by Gasteiger charge is -2.29. The summed E-state index contributed by atoms with van der Waals surface area (Å²) in [6.45, 7) is 8.12. The van der Waals surface area contributed by atoms with Gasteiger partial charge in [0.25, 0.3) is 5.91 Å². The average Bonchev–Trinajstić information content (AvgIpc) is 2.70. The maximum Gasteiger partial charge on any atom is 0.261 e. The van der Waals surface area contributed by atoms with Crippen molar-refractivity contribution in [3.05, 3.63) is 65.5 Å². The van der Waals surface area contributed by atoms with Gasteiger partial charge in [-0.15, -0.1) is 0 Å². The van der Waals surface area contributed by atoms with Crippen LogP contribution in [-0.4, -0.2) is 35.9 Å². The topological polar surface area (TPSA) is 58.6 Å². The van der Waals surface area contributed by atoms with Gasteiger partial charge in [-0.2, -0.15) is 0 Å². The van der Waals surface area contributed by atoms with E-state index < -0.39 is 6.04 Å². The van der Waals surface area contributed by atoms with Gasteiger partial charge in [0.15, 0.2) is 6.61 Å². The third-order valence-electron chi connectivity index (χ3n) is 4.56. The Bertz CT molecular complexity index is 821. The van der Waals surface area contributed by atoms with Crippen LogP contribution >= 0.6 is 0 Å². The molecule has 0 saturated carbocycles. The molecule has 0 heterocycles. The normalized spacial score (nSPS) is 11.8. The zero-order chi connectivity index (χ0) is 21.4. The summed E-state index contributed by atoms with van der Waals surface area (Å²) in [7, 11) is 0. The molecule has 0 aliphatic carbocycles. The van der Waals surface area contributed by atoms with Crippen molar-refractivity contribution >= 4 is 11.8 Å². The van der Waals surface area contributed by atoms with E-state index in [9.17, 15) is 14.0 Å². The predicted octanol–water partition coefficient (Wildman–Crippen LogP) is 3.70. The maximum atomic E-state index is 13.2. The smallest absolute Gasteiger partial charge is 0.261 e. The summed E-state index contributed by atoms with van der Waals surface area (Å²) in [6, 6.07) is 12.6. The Hall–Kier alpha value is -2.89. The lowest BCUT2D eigenvalue weighted by molar-refractivity contribution is -0.142. The molecule has 0 unspecified atom stereocenters. The van der Waals surface area contributed by atoms with E-state index in [0.717, 1.165) is 11.1 Å². The van der Waals surface area contributed by atoms with Crippen molar-refractivity contribution in [2.45, 2.75) is 40.3 Å². The largest absolute Gasteiger partial charge is 0.484 e. The second kappa shape index (κ2) is 10.6. The number of hydrogen-bond acceptors (Lipinski definition) is 3. The average molecular weight is 400 g/mol. The molecule has 1 atom stereocenters. The first-order chi connectivity index (χ1) is 13.8. The molecule has 2 amide bonds. The van der Waals surface area contributed by atoms with E-state index in [4.69, 9.17) is 4.74 Å². The Morgan fingerprint density at radius 2 is 1.72 bits per heavy atom. The van der Waals surface area contributed by atoms with Crippen molar-refractivity contribution in [2.24, 2.45) is 5.92 Å². The lowest BCUT2D eigenvalue weighted by atomic mass is 10.1. The molecule has 0 aliphatic rings. The van der Waals surface area contributed by atoms with Crippen molar-refractivity contribution in [3.8, 4) is 5.75 Å². The van der Waals surface area contributed by atoms with E-state index in [-0.39, 0.29) is 30.8 Å². The number of ether oxygens (including phenoxy) is 1. The number of nitrogens with zero attached hydrogens (tertiary/aromatic N) is 1. The SMILES string of the molecule is Cc1ccccc1OCC(=O)N(Cc1ccc(F)cc1)[C@@H](C)C(=O)NCC(C)C. The number of benzene rings is 2. The van der Waals surface area contributed by atoms with Gasteiger partial charge >= 0.3 is 0 Å². The van der Waals surface area contributed by atoms with Crippen LogP contribution in [0, 0.1) is 18.7 Å². The summed E-state index contributed by atoms with van der Waals surface area (Å²) >= 11 is 0. The number of carbonyl (C=O) groups excluding carboxylic acids is 2. The van der Waals surface area contributed by atoms with Gasteiger partial charge in [0.2, 0.25) is 5.91 Å². The van der Waals surface area contributed by atoms with Crippen LogP contribution in [0.4, 0.5) is 4.39 Å². The van der Waals surface area contributed by atoms with Crippen LogP contribution in [0.3, 0.4) is 0 Å². The van der Waals surface area contributed by atoms with Crippen LogP contribution in [0.2, 0.25) is 0 Å². The maximum absolute atomic E-state index is 13.2. The predicted molar refractivity (Wildman–Crippen MR) is 111 cm³/mol. The van der Waals surface area contributed by atoms with E-state index >= 15 is 0 Å². The fourth-order valence-corrected chi connectivity index (χ4v) is 2.76. The van der Waals surface area contributed by atoms with Gasteiger partial charge in [-0.25, -0.2) is 4.39 Å². The molecule has 0 spiro atoms. The molecule has 0 radical (unpaired) electrons. The molecule has 2 aromatic rings. The van der Waals surface area contributed by atoms with E-state index in [1.165, 1.54) is 17.0 Å². The molecule has 1 N–H and O–H groups in total. The molecule has 0 aromatic heterocycles. The monoisotopic (exact) mass is 400 g/mol. The summed E-state index contributed by atoms with van der Waals surface area (Å²) < 4.78 is 18.9. The molecule has 0 saturated heterocycles. The molecule has 2 aromatic carbocycles. The number of carbonyl (C=O) groups is 2. The Labute approximate surface area is 171 Å². The minimum absolute atomic E-state index is 0.187. The summed E-state index contributed by atoms with van der Waals surface area (Å²) in [6.07, 6.45) is 0. The number of nitrogens with one attached hydrogen (secondary N) is 1. The van der Waals surface area contributed by atoms with Crippen LogP contribution in [0.1, 0.15) is 31.9 Å². The minimum Gasteiger partial charge on any atom is -0.484 e. The second-order valence-electron chi connectivity index (χ2n) is 7.52. The highest BCUT2D eigenvalue weighted by atomic mass is 19.1. The molecular weight excluding hydrogens is 371 g/mol. The number of halogens is 1. The van der Waals surface area contributed by atoms with Gasteiger partial charge in [0.05, 0.1) is 0 Å². The van der Waals surface area contributed by atoms with Crippen LogP contribution in [0.5, 0.6) is 5.75 Å². The molecule has 5 nitrogen and oxygen atoms in total. The van der Waals surface area contributed by atoms with Gasteiger partial charge in [0, 0.05) is 13.1 Å². The number of amides is 2. The van der Waals surface area contributed by atoms with Crippen molar-refractivity contribution < 1.29 is 18.7 Å². The summed E-state index contributed by atoms with van der Waals surface area (Å²) in [5.41, 5.74) is 1.66. The highest BCUT2D eigenvalue weighted by Gasteiger charge is 2.26. The van der Waals surface area contributed by atoms with Crippen LogP contribution in [0.25, 0.3) is 0 Å². The molecule has 156 valence electrons. The third kappa shape index (κ3) is 6.89. The Kier molecular flexibility index (Phi) is 8.19. The standard InChI is InChI=1S/C23H29FN2O3/c1-16(2)13-25-23(28)18(4)26(14-19-9-11-20(24)12-10-19)22(27)15-29-21-8-6-5-7-17(21)3/h5-12,16,18H,13-15H2,1-4H3,(H,25,28)/t18-/m0/s1. The summed E-state index contributed by atoms with van der Waals surface area (Å²) in [5.74, 6) is 0.0309. The van der Waals surface area contributed by atoms with E-state index in [2.05, 4.69) is 5.32 Å². The van der Waals surface area contributed by atoms with Crippen LogP contribution in [-0.2, 0) is 16.1 Å². The number of para-hydroxylation sites is 1. The lowest BCUT2D eigenvalue weighted by Crippen LogP contribution is -2.49. The first-order valence-corrected chi connectivity index (χ1v) is 9.78. The van der Waals surface area contributed by atoms with Gasteiger partial charge in [-0.1, -0.05) is 44.2 Å². The molecule has 0 aliphatic heterocycles. The minimum atomic E-state index is -0.688. The Morgan fingerprint density at radius 1 is 1.07 bits per heavy atom. The number of hydrogen-bond donors (Lipinski definition) is 1. The Balaban J connectivity index is 2.13. The summed E-state index contributed by atoms with van der Waals surface area (Å²) in [5, 5.41) is 2.86. The first kappa shape index (κ1) is 22.4. The highest BCUT2D eigenvalue weighted by Crippen LogP contribution is 2.17. The van der Waals surface area contributed by atoms with Crippen molar-refractivity contribution in [1.82, 2.24) is 10.2 Å². The van der Waals surface area contributed by atoms with Crippen molar-refractivity contribution in [2.75, 3.05) is 13.2 Å². The highest BCUT2D eigenvalue weighted by molar-refractivity contribution is 5.88. The molecule has 2 rings (SSSR count). The van der Waals surface area contributed by atoms with Crippen LogP contribution < -0.4 is 10.1 Å². The fraction of sp³-hybridized carbons (Fsp3) is 0.391. The van der Waals surface area contributed by atoms with Gasteiger partial charge in [-0.3, -0.25) is 9.59 Å². The quantitative estimate of drug-likeness (QED) is 0.698. The van der Waals surface area contributed by atoms with Gasteiger partial charge < -0.3 is 15.0 Å². The zero-order valence-electron chi connectivity index (χ0n) is 17.4. The van der Waals surface area contributed by atoms with E-state index in [1.807, 2.05) is 39.0 Å². The number of aryl methyl sites for hydroxylation is 1. The summed E-state index contributed by atoms with van der Waals surface area (Å²) in [4.78, 5) is 26.9. The van der Waals surface area contributed by atoms with E-state index in [1.54, 1.807) is 25.1 Å². The van der Waals surface area contributed by atoms with Gasteiger partial charge in [0.1, 0.15) is 17.6 Å². The molecule has 0 bridgehead atoms.